The molecule has 1 atom stereocenters. The number of hydrogen-bond acceptors (Lipinski definition) is 7. The SMILES string of the molecule is COCCn1c(=O)c2c(-c3nc(C4CCC(C)(C)O4)no3)ncn2c2ccc(Cl)cc21. The summed E-state index contributed by atoms with van der Waals surface area (Å²) < 4.78 is 20.1. The highest BCUT2D eigenvalue weighted by Gasteiger charge is 2.35. The van der Waals surface area contributed by atoms with Gasteiger partial charge < -0.3 is 18.6 Å². The molecule has 1 saturated heterocycles. The summed E-state index contributed by atoms with van der Waals surface area (Å²) in [5, 5.41) is 4.64. The number of rotatable bonds is 5. The van der Waals surface area contributed by atoms with Gasteiger partial charge in [0, 0.05) is 18.7 Å². The van der Waals surface area contributed by atoms with Gasteiger partial charge in [0.15, 0.2) is 5.69 Å². The fourth-order valence-corrected chi connectivity index (χ4v) is 4.24. The third kappa shape index (κ3) is 3.42. The molecule has 0 saturated carbocycles. The molecule has 1 aliphatic heterocycles. The Balaban J connectivity index is 1.66. The van der Waals surface area contributed by atoms with Crippen molar-refractivity contribution in [3.63, 3.8) is 0 Å². The average molecular weight is 444 g/mol. The van der Waals surface area contributed by atoms with Crippen molar-refractivity contribution in [1.29, 1.82) is 0 Å². The molecule has 9 nitrogen and oxygen atoms in total. The minimum absolute atomic E-state index is 0.189. The molecule has 5 rings (SSSR count). The zero-order chi connectivity index (χ0) is 21.8. The Hall–Kier alpha value is -2.75. The summed E-state index contributed by atoms with van der Waals surface area (Å²) in [6.45, 7) is 4.82. The van der Waals surface area contributed by atoms with Crippen LogP contribution in [0.25, 0.3) is 28.1 Å². The van der Waals surface area contributed by atoms with Gasteiger partial charge in [-0.2, -0.15) is 4.98 Å². The van der Waals surface area contributed by atoms with E-state index in [2.05, 4.69) is 15.1 Å². The lowest BCUT2D eigenvalue weighted by atomic mass is 10.1. The van der Waals surface area contributed by atoms with Crippen molar-refractivity contribution in [2.75, 3.05) is 13.7 Å². The van der Waals surface area contributed by atoms with Crippen LogP contribution in [-0.2, 0) is 16.0 Å². The second-order valence-electron chi connectivity index (χ2n) is 8.26. The monoisotopic (exact) mass is 443 g/mol. The molecule has 3 aromatic heterocycles. The summed E-state index contributed by atoms with van der Waals surface area (Å²) >= 11 is 6.20. The lowest BCUT2D eigenvalue weighted by Crippen LogP contribution is -2.25. The Morgan fingerprint density at radius 2 is 2.16 bits per heavy atom. The van der Waals surface area contributed by atoms with Crippen LogP contribution in [0, 0.1) is 0 Å². The van der Waals surface area contributed by atoms with Crippen molar-refractivity contribution >= 4 is 28.2 Å². The Labute approximate surface area is 182 Å². The van der Waals surface area contributed by atoms with E-state index in [4.69, 9.17) is 25.6 Å². The number of nitrogens with zero attached hydrogens (tertiary/aromatic N) is 5. The van der Waals surface area contributed by atoms with Crippen molar-refractivity contribution in [2.24, 2.45) is 0 Å². The fraction of sp³-hybridized carbons (Fsp3) is 0.429. The fourth-order valence-electron chi connectivity index (χ4n) is 4.08. The third-order valence-electron chi connectivity index (χ3n) is 5.62. The second-order valence-corrected chi connectivity index (χ2v) is 8.69. The predicted molar refractivity (Wildman–Crippen MR) is 114 cm³/mol. The van der Waals surface area contributed by atoms with E-state index >= 15 is 0 Å². The minimum Gasteiger partial charge on any atom is -0.383 e. The first-order chi connectivity index (χ1) is 14.9. The largest absolute Gasteiger partial charge is 0.383 e. The van der Waals surface area contributed by atoms with Crippen LogP contribution in [-0.4, -0.2) is 43.4 Å². The van der Waals surface area contributed by atoms with Crippen LogP contribution >= 0.6 is 11.6 Å². The van der Waals surface area contributed by atoms with E-state index in [-0.39, 0.29) is 23.2 Å². The van der Waals surface area contributed by atoms with Crippen LogP contribution in [0.2, 0.25) is 5.02 Å². The standard InChI is InChI=1S/C21H22ClN5O4/c1-21(2)7-6-15(30-21)18-24-19(31-25-18)16-17-20(28)26(8-9-29-3)14-10-12(22)4-5-13(14)27(17)11-23-16/h4-5,10-11,15H,6-9H2,1-3H3. The zero-order valence-electron chi connectivity index (χ0n) is 17.5. The lowest BCUT2D eigenvalue weighted by molar-refractivity contribution is -0.0207. The van der Waals surface area contributed by atoms with Gasteiger partial charge in [0.05, 0.1) is 23.2 Å². The first-order valence-electron chi connectivity index (χ1n) is 10.1. The second kappa shape index (κ2) is 7.44. The summed E-state index contributed by atoms with van der Waals surface area (Å²) in [4.78, 5) is 22.4. The molecule has 1 fully saturated rings. The van der Waals surface area contributed by atoms with Crippen LogP contribution in [0.5, 0.6) is 0 Å². The smallest absolute Gasteiger partial charge is 0.279 e. The number of methoxy groups -OCH3 is 1. The molecule has 1 aromatic carbocycles. The Kier molecular flexibility index (Phi) is 4.84. The molecule has 10 heteroatoms. The van der Waals surface area contributed by atoms with E-state index in [1.807, 2.05) is 19.9 Å². The van der Waals surface area contributed by atoms with Crippen LogP contribution in [0.4, 0.5) is 0 Å². The molecule has 4 aromatic rings. The maximum Gasteiger partial charge on any atom is 0.279 e. The Bertz CT molecular complexity index is 1340. The molecule has 0 aliphatic carbocycles. The van der Waals surface area contributed by atoms with Crippen molar-refractivity contribution in [3.05, 3.63) is 45.7 Å². The van der Waals surface area contributed by atoms with Gasteiger partial charge in [0.1, 0.15) is 17.9 Å². The maximum absolute atomic E-state index is 13.5. The Morgan fingerprint density at radius 1 is 1.32 bits per heavy atom. The number of fused-ring (bicyclic) bond motifs is 3. The van der Waals surface area contributed by atoms with Gasteiger partial charge in [0.25, 0.3) is 11.4 Å². The van der Waals surface area contributed by atoms with E-state index in [1.165, 1.54) is 0 Å². The normalized spacial score (nSPS) is 18.4. The van der Waals surface area contributed by atoms with Crippen LogP contribution < -0.4 is 5.56 Å². The molecule has 4 heterocycles. The molecule has 0 spiro atoms. The Morgan fingerprint density at radius 3 is 2.90 bits per heavy atom. The van der Waals surface area contributed by atoms with Gasteiger partial charge in [0.2, 0.25) is 5.82 Å². The molecule has 0 radical (unpaired) electrons. The van der Waals surface area contributed by atoms with Crippen molar-refractivity contribution < 1.29 is 14.0 Å². The van der Waals surface area contributed by atoms with E-state index < -0.39 is 0 Å². The zero-order valence-corrected chi connectivity index (χ0v) is 18.2. The molecule has 0 N–H and O–H groups in total. The summed E-state index contributed by atoms with van der Waals surface area (Å²) in [5.74, 6) is 0.656. The summed E-state index contributed by atoms with van der Waals surface area (Å²) in [5.41, 5.74) is 1.71. The highest BCUT2D eigenvalue weighted by molar-refractivity contribution is 6.31. The number of halogens is 1. The van der Waals surface area contributed by atoms with E-state index in [0.29, 0.717) is 40.7 Å². The third-order valence-corrected chi connectivity index (χ3v) is 5.86. The van der Waals surface area contributed by atoms with E-state index in [9.17, 15) is 4.79 Å². The molecule has 162 valence electrons. The van der Waals surface area contributed by atoms with Gasteiger partial charge in [-0.3, -0.25) is 9.20 Å². The van der Waals surface area contributed by atoms with Gasteiger partial charge in [-0.15, -0.1) is 0 Å². The highest BCUT2D eigenvalue weighted by Crippen LogP contribution is 2.38. The summed E-state index contributed by atoms with van der Waals surface area (Å²) in [6, 6.07) is 5.39. The van der Waals surface area contributed by atoms with Crippen LogP contribution in [0.15, 0.2) is 33.8 Å². The molecule has 0 amide bonds. The highest BCUT2D eigenvalue weighted by atomic mass is 35.5. The summed E-state index contributed by atoms with van der Waals surface area (Å²) in [6.07, 6.45) is 3.07. The van der Waals surface area contributed by atoms with Gasteiger partial charge >= 0.3 is 0 Å². The van der Waals surface area contributed by atoms with Gasteiger partial charge in [-0.1, -0.05) is 16.8 Å². The number of aromatic nitrogens is 5. The molecular formula is C21H22ClN5O4. The first kappa shape index (κ1) is 20.2. The summed E-state index contributed by atoms with van der Waals surface area (Å²) in [7, 11) is 1.59. The van der Waals surface area contributed by atoms with E-state index in [1.54, 1.807) is 34.5 Å². The van der Waals surface area contributed by atoms with E-state index in [0.717, 1.165) is 18.4 Å². The number of benzene rings is 1. The minimum atomic E-state index is -0.239. The molecule has 1 aliphatic rings. The maximum atomic E-state index is 13.5. The van der Waals surface area contributed by atoms with Crippen molar-refractivity contribution in [3.8, 4) is 11.6 Å². The average Bonchev–Trinajstić information content (AvgIpc) is 3.45. The molecular weight excluding hydrogens is 422 g/mol. The number of hydrogen-bond donors (Lipinski definition) is 0. The topological polar surface area (TPSA) is 96.7 Å². The van der Waals surface area contributed by atoms with Gasteiger partial charge in [-0.05, 0) is 44.9 Å². The van der Waals surface area contributed by atoms with Gasteiger partial charge in [-0.25, -0.2) is 4.98 Å². The first-order valence-corrected chi connectivity index (χ1v) is 10.5. The molecule has 0 bridgehead atoms. The van der Waals surface area contributed by atoms with Crippen molar-refractivity contribution in [1.82, 2.24) is 24.1 Å². The number of imidazole rings is 1. The van der Waals surface area contributed by atoms with Crippen LogP contribution in [0.3, 0.4) is 0 Å². The molecule has 1 unspecified atom stereocenters. The lowest BCUT2D eigenvalue weighted by Gasteiger charge is -2.17. The quantitative estimate of drug-likeness (QED) is 0.464. The van der Waals surface area contributed by atoms with Crippen LogP contribution in [0.1, 0.15) is 38.6 Å². The number of ether oxygens (including phenoxy) is 2. The molecule has 31 heavy (non-hydrogen) atoms. The van der Waals surface area contributed by atoms with Crippen molar-refractivity contribution in [2.45, 2.75) is 44.9 Å². The predicted octanol–water partition coefficient (Wildman–Crippen LogP) is 3.63.